The predicted molar refractivity (Wildman–Crippen MR) is 69.6 cm³/mol. The van der Waals surface area contributed by atoms with Crippen LogP contribution in [0.15, 0.2) is 0 Å². The Morgan fingerprint density at radius 2 is 1.94 bits per heavy atom. The summed E-state index contributed by atoms with van der Waals surface area (Å²) >= 11 is 0. The van der Waals surface area contributed by atoms with E-state index in [1.54, 1.807) is 0 Å². The molecule has 0 bridgehead atoms. The zero-order valence-electron chi connectivity index (χ0n) is 11.5. The first-order valence-corrected chi connectivity index (χ1v) is 6.11. The normalized spacial score (nSPS) is 17.8. The van der Waals surface area contributed by atoms with Crippen molar-refractivity contribution in [2.75, 3.05) is 40.3 Å². The summed E-state index contributed by atoms with van der Waals surface area (Å²) in [6, 6.07) is 0.523. The molecule has 0 radical (unpaired) electrons. The molecule has 0 heterocycles. The topological polar surface area (TPSA) is 52.7 Å². The second-order valence-corrected chi connectivity index (χ2v) is 5.30. The van der Waals surface area contributed by atoms with Gasteiger partial charge in [0.05, 0.1) is 6.61 Å². The molecule has 0 aliphatic carbocycles. The molecule has 0 amide bonds. The van der Waals surface area contributed by atoms with Gasteiger partial charge in [-0.25, -0.2) is 0 Å². The smallest absolute Gasteiger partial charge is 0.0608 e. The maximum Gasteiger partial charge on any atom is 0.0608 e. The van der Waals surface area contributed by atoms with Gasteiger partial charge >= 0.3 is 0 Å². The summed E-state index contributed by atoms with van der Waals surface area (Å²) in [4.78, 5) is 4.60. The molecule has 0 spiro atoms. The Hall–Kier alpha value is -0.160. The highest BCUT2D eigenvalue weighted by molar-refractivity contribution is 4.80. The van der Waals surface area contributed by atoms with Gasteiger partial charge in [0.25, 0.3) is 0 Å². The summed E-state index contributed by atoms with van der Waals surface area (Å²) in [5.74, 6) is 0. The van der Waals surface area contributed by atoms with Gasteiger partial charge in [-0.1, -0.05) is 6.92 Å². The van der Waals surface area contributed by atoms with Gasteiger partial charge in [-0.2, -0.15) is 0 Å². The van der Waals surface area contributed by atoms with Crippen molar-refractivity contribution in [2.24, 2.45) is 5.73 Å². The third-order valence-corrected chi connectivity index (χ3v) is 2.99. The number of aliphatic hydroxyl groups is 1. The third-order valence-electron chi connectivity index (χ3n) is 2.99. The lowest BCUT2D eigenvalue weighted by Gasteiger charge is -2.32. The molecule has 0 aliphatic heterocycles. The summed E-state index contributed by atoms with van der Waals surface area (Å²) in [6.45, 7) is 9.36. The van der Waals surface area contributed by atoms with Crippen LogP contribution in [0.3, 0.4) is 0 Å². The number of likely N-dealkylation sites (N-methyl/N-ethyl adjacent to an activating group) is 2. The van der Waals surface area contributed by atoms with Crippen LogP contribution in [-0.4, -0.2) is 66.8 Å². The van der Waals surface area contributed by atoms with Gasteiger partial charge < -0.3 is 15.7 Å². The van der Waals surface area contributed by atoms with Crippen LogP contribution in [0.2, 0.25) is 0 Å². The van der Waals surface area contributed by atoms with Crippen LogP contribution in [0, 0.1) is 0 Å². The van der Waals surface area contributed by atoms with Gasteiger partial charge in [-0.05, 0) is 40.9 Å². The first kappa shape index (κ1) is 15.8. The highest BCUT2D eigenvalue weighted by Gasteiger charge is 2.20. The summed E-state index contributed by atoms with van der Waals surface area (Å²) in [5.41, 5.74) is 5.48. The number of nitrogens with zero attached hydrogens (tertiary/aromatic N) is 2. The number of hydrogen-bond acceptors (Lipinski definition) is 4. The lowest BCUT2D eigenvalue weighted by molar-refractivity contribution is 0.144. The Balaban J connectivity index is 4.09. The fourth-order valence-corrected chi connectivity index (χ4v) is 1.81. The largest absolute Gasteiger partial charge is 0.394 e. The molecule has 0 saturated carbocycles. The van der Waals surface area contributed by atoms with Gasteiger partial charge in [-0.15, -0.1) is 0 Å². The van der Waals surface area contributed by atoms with Crippen molar-refractivity contribution in [3.63, 3.8) is 0 Å². The Kier molecular flexibility index (Phi) is 7.15. The van der Waals surface area contributed by atoms with Crippen molar-refractivity contribution >= 4 is 0 Å². The van der Waals surface area contributed by atoms with E-state index in [4.69, 9.17) is 10.8 Å². The summed E-state index contributed by atoms with van der Waals surface area (Å²) in [6.07, 6.45) is 0.828. The highest BCUT2D eigenvalue weighted by Crippen LogP contribution is 2.08. The highest BCUT2D eigenvalue weighted by atomic mass is 16.3. The molecule has 0 saturated heterocycles. The monoisotopic (exact) mass is 231 g/mol. The summed E-state index contributed by atoms with van der Waals surface area (Å²) < 4.78 is 0. The van der Waals surface area contributed by atoms with Crippen LogP contribution in [0.1, 0.15) is 27.2 Å². The molecule has 0 aliphatic rings. The molecule has 2 atom stereocenters. The minimum absolute atomic E-state index is 0.0482. The fourth-order valence-electron chi connectivity index (χ4n) is 1.81. The molecule has 3 N–H and O–H groups in total. The zero-order chi connectivity index (χ0) is 12.8. The quantitative estimate of drug-likeness (QED) is 0.633. The van der Waals surface area contributed by atoms with E-state index in [0.717, 1.165) is 26.1 Å². The standard InChI is InChI=1S/C12H29N3O/c1-6-15(11(2)9-14(4)5)8-7-12(3,13)10-16/h11,16H,6-10,13H2,1-5H3. The zero-order valence-corrected chi connectivity index (χ0v) is 11.5. The van der Waals surface area contributed by atoms with Crippen LogP contribution in [0.25, 0.3) is 0 Å². The van der Waals surface area contributed by atoms with Crippen LogP contribution >= 0.6 is 0 Å². The molecule has 0 aromatic heterocycles. The SMILES string of the molecule is CCN(CCC(C)(N)CO)C(C)CN(C)C. The molecule has 4 heteroatoms. The maximum atomic E-state index is 9.11. The Morgan fingerprint density at radius 1 is 1.38 bits per heavy atom. The molecule has 2 unspecified atom stereocenters. The van der Waals surface area contributed by atoms with E-state index in [0.29, 0.717) is 6.04 Å². The van der Waals surface area contributed by atoms with Gasteiger partial charge in [0.2, 0.25) is 0 Å². The minimum Gasteiger partial charge on any atom is -0.394 e. The van der Waals surface area contributed by atoms with E-state index in [1.165, 1.54) is 0 Å². The van der Waals surface area contributed by atoms with E-state index in [2.05, 4.69) is 37.7 Å². The second-order valence-electron chi connectivity index (χ2n) is 5.30. The number of rotatable bonds is 8. The average molecular weight is 231 g/mol. The van der Waals surface area contributed by atoms with Crippen molar-refractivity contribution < 1.29 is 5.11 Å². The van der Waals surface area contributed by atoms with Gasteiger partial charge in [0.1, 0.15) is 0 Å². The van der Waals surface area contributed by atoms with Crippen molar-refractivity contribution in [1.29, 1.82) is 0 Å². The first-order valence-electron chi connectivity index (χ1n) is 6.11. The Bertz CT molecular complexity index is 183. The number of nitrogens with two attached hydrogens (primary N) is 1. The summed E-state index contributed by atoms with van der Waals surface area (Å²) in [5, 5.41) is 9.11. The Morgan fingerprint density at radius 3 is 2.31 bits per heavy atom. The fraction of sp³-hybridized carbons (Fsp3) is 1.00. The molecule has 16 heavy (non-hydrogen) atoms. The minimum atomic E-state index is -0.453. The number of aliphatic hydroxyl groups excluding tert-OH is 1. The van der Waals surface area contributed by atoms with Gasteiger partial charge in [-0.3, -0.25) is 4.90 Å². The second kappa shape index (κ2) is 7.22. The average Bonchev–Trinajstić information content (AvgIpc) is 2.17. The summed E-state index contributed by atoms with van der Waals surface area (Å²) in [7, 11) is 4.18. The van der Waals surface area contributed by atoms with Crippen LogP contribution in [-0.2, 0) is 0 Å². The molecule has 0 rings (SSSR count). The predicted octanol–water partition coefficient (Wildman–Crippen LogP) is 0.358. The van der Waals surface area contributed by atoms with Gasteiger partial charge in [0.15, 0.2) is 0 Å². The van der Waals surface area contributed by atoms with Crippen LogP contribution in [0.5, 0.6) is 0 Å². The van der Waals surface area contributed by atoms with E-state index in [1.807, 2.05) is 6.92 Å². The molecular formula is C12H29N3O. The van der Waals surface area contributed by atoms with E-state index < -0.39 is 5.54 Å². The lowest BCUT2D eigenvalue weighted by atomic mass is 10.00. The molecule has 98 valence electrons. The van der Waals surface area contributed by atoms with Crippen LogP contribution < -0.4 is 5.73 Å². The van der Waals surface area contributed by atoms with E-state index in [-0.39, 0.29) is 6.61 Å². The Labute approximate surface area is 100 Å². The van der Waals surface area contributed by atoms with Crippen molar-refractivity contribution in [3.8, 4) is 0 Å². The van der Waals surface area contributed by atoms with Crippen LogP contribution in [0.4, 0.5) is 0 Å². The molecular weight excluding hydrogens is 202 g/mol. The van der Waals surface area contributed by atoms with Crippen molar-refractivity contribution in [2.45, 2.75) is 38.8 Å². The third kappa shape index (κ3) is 6.43. The van der Waals surface area contributed by atoms with E-state index >= 15 is 0 Å². The maximum absolute atomic E-state index is 9.11. The molecule has 4 nitrogen and oxygen atoms in total. The van der Waals surface area contributed by atoms with Crippen molar-refractivity contribution in [3.05, 3.63) is 0 Å². The lowest BCUT2D eigenvalue weighted by Crippen LogP contribution is -2.46. The first-order chi connectivity index (χ1) is 7.32. The molecule has 0 aromatic carbocycles. The van der Waals surface area contributed by atoms with E-state index in [9.17, 15) is 0 Å². The molecule has 0 aromatic rings. The van der Waals surface area contributed by atoms with Crippen molar-refractivity contribution in [1.82, 2.24) is 9.80 Å². The van der Waals surface area contributed by atoms with Gasteiger partial charge in [0, 0.05) is 24.7 Å². The number of hydrogen-bond donors (Lipinski definition) is 2. The molecule has 0 fully saturated rings.